The van der Waals surface area contributed by atoms with Crippen LogP contribution in [0, 0.1) is 11.6 Å². The molecule has 0 fully saturated rings. The fourth-order valence-corrected chi connectivity index (χ4v) is 3.01. The van der Waals surface area contributed by atoms with Crippen LogP contribution in [0.3, 0.4) is 0 Å². The Balaban J connectivity index is 2.32. The minimum Gasteiger partial charge on any atom is -0.457 e. The Kier molecular flexibility index (Phi) is 5.96. The van der Waals surface area contributed by atoms with E-state index < -0.39 is 11.6 Å². The average Bonchev–Trinajstić information content (AvgIpc) is 2.89. The van der Waals surface area contributed by atoms with Crippen molar-refractivity contribution < 1.29 is 13.2 Å². The molecule has 2 nitrogen and oxygen atoms in total. The molecule has 0 aliphatic rings. The van der Waals surface area contributed by atoms with Crippen LogP contribution in [0.4, 0.5) is 8.78 Å². The van der Waals surface area contributed by atoms with E-state index in [0.717, 1.165) is 18.5 Å². The fourth-order valence-electron chi connectivity index (χ4n) is 2.12. The monoisotopic (exact) mass is 421 g/mol. The molecule has 0 aliphatic carbocycles. The lowest BCUT2D eigenvalue weighted by molar-refractivity contribution is 0.475. The lowest BCUT2D eigenvalue weighted by atomic mass is 10.00. The highest BCUT2D eigenvalue weighted by Crippen LogP contribution is 2.30. The maximum atomic E-state index is 14.1. The van der Waals surface area contributed by atoms with Gasteiger partial charge < -0.3 is 9.73 Å². The van der Waals surface area contributed by atoms with Gasteiger partial charge in [-0.3, -0.25) is 0 Å². The van der Waals surface area contributed by atoms with Crippen molar-refractivity contribution in [2.45, 2.75) is 25.8 Å². The van der Waals surface area contributed by atoms with Gasteiger partial charge in [0.1, 0.15) is 11.6 Å². The second-order valence-corrected chi connectivity index (χ2v) is 6.26. The van der Waals surface area contributed by atoms with Crippen molar-refractivity contribution in [1.82, 2.24) is 5.32 Å². The smallest absolute Gasteiger partial charge is 0.173 e. The second kappa shape index (κ2) is 7.51. The van der Waals surface area contributed by atoms with Gasteiger partial charge in [0, 0.05) is 17.2 Å². The van der Waals surface area contributed by atoms with Crippen molar-refractivity contribution in [3.8, 4) is 0 Å². The van der Waals surface area contributed by atoms with Gasteiger partial charge >= 0.3 is 0 Å². The Labute approximate surface area is 139 Å². The number of hydrogen-bond donors (Lipinski definition) is 1. The summed E-state index contributed by atoms with van der Waals surface area (Å²) in [5, 5.41) is 3.30. The van der Waals surface area contributed by atoms with E-state index >= 15 is 0 Å². The third kappa shape index (κ3) is 3.93. The zero-order valence-corrected chi connectivity index (χ0v) is 14.6. The van der Waals surface area contributed by atoms with Crippen LogP contribution in [0.25, 0.3) is 0 Å². The van der Waals surface area contributed by atoms with Crippen LogP contribution in [0.5, 0.6) is 0 Å². The van der Waals surface area contributed by atoms with Gasteiger partial charge in [-0.25, -0.2) is 8.78 Å². The molecule has 21 heavy (non-hydrogen) atoms. The van der Waals surface area contributed by atoms with Crippen LogP contribution in [-0.2, 0) is 6.42 Å². The summed E-state index contributed by atoms with van der Waals surface area (Å²) in [7, 11) is 0. The lowest BCUT2D eigenvalue weighted by Crippen LogP contribution is -2.25. The summed E-state index contributed by atoms with van der Waals surface area (Å²) < 4.78 is 34.1. The molecule has 1 aromatic carbocycles. The third-order valence-corrected chi connectivity index (χ3v) is 4.47. The molecule has 0 aliphatic heterocycles. The van der Waals surface area contributed by atoms with Crippen LogP contribution in [0.15, 0.2) is 38.0 Å². The summed E-state index contributed by atoms with van der Waals surface area (Å²) in [6.45, 7) is 2.79. The molecule has 1 unspecified atom stereocenters. The summed E-state index contributed by atoms with van der Waals surface area (Å²) in [6.07, 6.45) is 2.68. The predicted molar refractivity (Wildman–Crippen MR) is 85.2 cm³/mol. The molecule has 2 rings (SSSR count). The van der Waals surface area contributed by atoms with Crippen LogP contribution >= 0.6 is 31.9 Å². The Hall–Kier alpha value is -0.720. The van der Waals surface area contributed by atoms with E-state index in [9.17, 15) is 8.78 Å². The molecule has 2 aromatic rings. The topological polar surface area (TPSA) is 25.2 Å². The Bertz CT molecular complexity index is 616. The Morgan fingerprint density at radius 1 is 1.24 bits per heavy atom. The zero-order valence-electron chi connectivity index (χ0n) is 11.4. The highest BCUT2D eigenvalue weighted by molar-refractivity contribution is 9.10. The summed E-state index contributed by atoms with van der Waals surface area (Å²) in [5.74, 6) is -1.10. The number of furan rings is 1. The molecular weight excluding hydrogens is 408 g/mol. The Morgan fingerprint density at radius 3 is 2.62 bits per heavy atom. The number of hydrogen-bond acceptors (Lipinski definition) is 2. The van der Waals surface area contributed by atoms with Crippen molar-refractivity contribution in [2.24, 2.45) is 0 Å². The molecule has 0 amide bonds. The van der Waals surface area contributed by atoms with E-state index in [4.69, 9.17) is 4.42 Å². The van der Waals surface area contributed by atoms with Gasteiger partial charge in [-0.05, 0) is 69.4 Å². The maximum absolute atomic E-state index is 14.1. The van der Waals surface area contributed by atoms with Gasteiger partial charge in [0.25, 0.3) is 0 Å². The third-order valence-electron chi connectivity index (χ3n) is 3.21. The number of benzene rings is 1. The molecule has 1 heterocycles. The first kappa shape index (κ1) is 16.6. The SMILES string of the molecule is CCCNC(Cc1c(F)ccc(Br)c1F)c1ccoc1Br. The quantitative estimate of drug-likeness (QED) is 0.633. The largest absolute Gasteiger partial charge is 0.457 e. The maximum Gasteiger partial charge on any atom is 0.173 e. The van der Waals surface area contributed by atoms with Crippen LogP contribution < -0.4 is 5.32 Å². The van der Waals surface area contributed by atoms with E-state index in [2.05, 4.69) is 37.2 Å². The van der Waals surface area contributed by atoms with Crippen molar-refractivity contribution >= 4 is 31.9 Å². The van der Waals surface area contributed by atoms with Gasteiger partial charge in [-0.15, -0.1) is 0 Å². The molecule has 1 atom stereocenters. The standard InChI is InChI=1S/C15H15Br2F2NO/c1-2-6-20-13(9-5-7-21-15(9)17)8-10-12(18)4-3-11(16)14(10)19/h3-5,7,13,20H,2,6,8H2,1H3. The minimum atomic E-state index is -0.557. The summed E-state index contributed by atoms with van der Waals surface area (Å²) in [6, 6.07) is 4.21. The number of halogens is 4. The molecule has 1 N–H and O–H groups in total. The zero-order chi connectivity index (χ0) is 15.4. The second-order valence-electron chi connectivity index (χ2n) is 4.68. The molecule has 114 valence electrons. The summed E-state index contributed by atoms with van der Waals surface area (Å²) >= 11 is 6.42. The van der Waals surface area contributed by atoms with Crippen LogP contribution in [-0.4, -0.2) is 6.54 Å². The van der Waals surface area contributed by atoms with Gasteiger partial charge in [-0.1, -0.05) is 6.92 Å². The number of nitrogens with one attached hydrogen (secondary N) is 1. The molecule has 0 saturated heterocycles. The first-order chi connectivity index (χ1) is 10.0. The van der Waals surface area contributed by atoms with E-state index in [0.29, 0.717) is 4.67 Å². The predicted octanol–water partition coefficient (Wildman–Crippen LogP) is 5.37. The van der Waals surface area contributed by atoms with Crippen molar-refractivity contribution in [3.05, 3.63) is 56.4 Å². The van der Waals surface area contributed by atoms with Gasteiger partial charge in [0.2, 0.25) is 0 Å². The van der Waals surface area contributed by atoms with Crippen LogP contribution in [0.1, 0.15) is 30.5 Å². The van der Waals surface area contributed by atoms with Crippen molar-refractivity contribution in [1.29, 1.82) is 0 Å². The van der Waals surface area contributed by atoms with E-state index in [1.54, 1.807) is 12.3 Å². The molecule has 6 heteroatoms. The first-order valence-electron chi connectivity index (χ1n) is 6.63. The van der Waals surface area contributed by atoms with E-state index in [1.807, 2.05) is 6.92 Å². The molecular formula is C15H15Br2F2NO. The minimum absolute atomic E-state index is 0.0612. The van der Waals surface area contributed by atoms with Gasteiger partial charge in [0.05, 0.1) is 10.7 Å². The number of rotatable bonds is 6. The van der Waals surface area contributed by atoms with E-state index in [-0.39, 0.29) is 22.5 Å². The summed E-state index contributed by atoms with van der Waals surface area (Å²) in [5.41, 5.74) is 0.910. The first-order valence-corrected chi connectivity index (χ1v) is 8.21. The Morgan fingerprint density at radius 2 is 2.00 bits per heavy atom. The molecule has 1 aromatic heterocycles. The van der Waals surface area contributed by atoms with Crippen LogP contribution in [0.2, 0.25) is 0 Å². The fraction of sp³-hybridized carbons (Fsp3) is 0.333. The van der Waals surface area contributed by atoms with Crippen molar-refractivity contribution in [2.75, 3.05) is 6.54 Å². The molecule has 0 spiro atoms. The van der Waals surface area contributed by atoms with Crippen molar-refractivity contribution in [3.63, 3.8) is 0 Å². The van der Waals surface area contributed by atoms with E-state index in [1.165, 1.54) is 12.1 Å². The summed E-state index contributed by atoms with van der Waals surface area (Å²) in [4.78, 5) is 0. The highest BCUT2D eigenvalue weighted by atomic mass is 79.9. The molecule has 0 saturated carbocycles. The average molecular weight is 423 g/mol. The normalized spacial score (nSPS) is 12.6. The molecule has 0 bridgehead atoms. The van der Waals surface area contributed by atoms with Gasteiger partial charge in [0.15, 0.2) is 4.67 Å². The lowest BCUT2D eigenvalue weighted by Gasteiger charge is -2.19. The van der Waals surface area contributed by atoms with Gasteiger partial charge in [-0.2, -0.15) is 0 Å². The highest BCUT2D eigenvalue weighted by Gasteiger charge is 2.21. The molecule has 0 radical (unpaired) electrons.